The fourth-order valence-corrected chi connectivity index (χ4v) is 2.77. The van der Waals surface area contributed by atoms with Gasteiger partial charge in [0, 0.05) is 18.4 Å². The van der Waals surface area contributed by atoms with Gasteiger partial charge >= 0.3 is 0 Å². The Morgan fingerprint density at radius 3 is 2.95 bits per heavy atom. The van der Waals surface area contributed by atoms with Gasteiger partial charge in [0.1, 0.15) is 5.75 Å². The molecule has 1 aromatic carbocycles. The minimum atomic E-state index is -0.370. The molecule has 0 radical (unpaired) electrons. The molecule has 1 aromatic heterocycles. The Balaban J connectivity index is 1.95. The summed E-state index contributed by atoms with van der Waals surface area (Å²) in [6.45, 7) is 2.49. The van der Waals surface area contributed by atoms with Gasteiger partial charge in [-0.3, -0.25) is 0 Å². The first-order valence-corrected chi connectivity index (χ1v) is 7.05. The Bertz CT molecular complexity index is 632. The summed E-state index contributed by atoms with van der Waals surface area (Å²) in [5.74, 6) is 1.48. The summed E-state index contributed by atoms with van der Waals surface area (Å²) < 4.78 is 5.29. The predicted octanol–water partition coefficient (Wildman–Crippen LogP) is 2.11. The van der Waals surface area contributed by atoms with E-state index in [-0.39, 0.29) is 12.1 Å². The minimum absolute atomic E-state index is 0.0666. The second-order valence-corrected chi connectivity index (χ2v) is 5.33. The molecule has 110 valence electrons. The van der Waals surface area contributed by atoms with Crippen molar-refractivity contribution in [1.29, 1.82) is 0 Å². The summed E-state index contributed by atoms with van der Waals surface area (Å²) in [5.41, 5.74) is 2.03. The van der Waals surface area contributed by atoms with Crippen LogP contribution in [0.3, 0.4) is 0 Å². The van der Waals surface area contributed by atoms with Crippen molar-refractivity contribution in [3.8, 4) is 5.75 Å². The first-order chi connectivity index (χ1) is 10.2. The van der Waals surface area contributed by atoms with Gasteiger partial charge in [-0.25, -0.2) is 9.97 Å². The van der Waals surface area contributed by atoms with Crippen LogP contribution in [0, 0.1) is 6.92 Å². The molecule has 1 aliphatic heterocycles. The first-order valence-electron chi connectivity index (χ1n) is 7.05. The Kier molecular flexibility index (Phi) is 3.75. The van der Waals surface area contributed by atoms with Crippen molar-refractivity contribution in [2.24, 2.45) is 0 Å². The van der Waals surface area contributed by atoms with Crippen LogP contribution in [-0.4, -0.2) is 34.8 Å². The van der Waals surface area contributed by atoms with E-state index < -0.39 is 0 Å². The van der Waals surface area contributed by atoms with Crippen LogP contribution in [0.25, 0.3) is 0 Å². The van der Waals surface area contributed by atoms with E-state index in [1.54, 1.807) is 13.3 Å². The first kappa shape index (κ1) is 13.8. The molecular formula is C16H19N3O2. The zero-order chi connectivity index (χ0) is 14.8. The highest BCUT2D eigenvalue weighted by Crippen LogP contribution is 2.35. The lowest BCUT2D eigenvalue weighted by Crippen LogP contribution is -2.26. The quantitative estimate of drug-likeness (QED) is 0.936. The molecule has 2 heterocycles. The van der Waals surface area contributed by atoms with Gasteiger partial charge in [0.15, 0.2) is 0 Å². The van der Waals surface area contributed by atoms with Gasteiger partial charge in [-0.2, -0.15) is 0 Å². The van der Waals surface area contributed by atoms with Crippen LogP contribution in [0.1, 0.15) is 23.7 Å². The maximum absolute atomic E-state index is 10.1. The lowest BCUT2D eigenvalue weighted by atomic mass is 10.0. The van der Waals surface area contributed by atoms with Crippen LogP contribution in [0.15, 0.2) is 36.5 Å². The molecule has 5 heteroatoms. The smallest absolute Gasteiger partial charge is 0.226 e. The van der Waals surface area contributed by atoms with E-state index in [9.17, 15) is 5.11 Å². The number of rotatable bonds is 3. The molecule has 21 heavy (non-hydrogen) atoms. The van der Waals surface area contributed by atoms with Crippen LogP contribution < -0.4 is 9.64 Å². The van der Waals surface area contributed by atoms with Gasteiger partial charge in [0.05, 0.1) is 19.3 Å². The van der Waals surface area contributed by atoms with Crippen molar-refractivity contribution in [3.05, 3.63) is 47.8 Å². The Labute approximate surface area is 124 Å². The third-order valence-electron chi connectivity index (χ3n) is 3.80. The van der Waals surface area contributed by atoms with E-state index in [0.29, 0.717) is 18.9 Å². The normalized spacial score (nSPS) is 21.6. The number of β-amino-alcohol motifs (C(OH)–C–C–N with tert-alkyl or cyclic N) is 1. The van der Waals surface area contributed by atoms with Gasteiger partial charge < -0.3 is 14.7 Å². The Morgan fingerprint density at radius 1 is 1.33 bits per heavy atom. The van der Waals surface area contributed by atoms with Crippen LogP contribution in [0.5, 0.6) is 5.75 Å². The molecule has 5 nitrogen and oxygen atoms in total. The summed E-state index contributed by atoms with van der Waals surface area (Å²) in [6.07, 6.45) is 2.06. The molecule has 1 N–H and O–H groups in total. The Hall–Kier alpha value is -2.14. The zero-order valence-electron chi connectivity index (χ0n) is 12.2. The molecule has 1 saturated heterocycles. The third kappa shape index (κ3) is 2.83. The minimum Gasteiger partial charge on any atom is -0.497 e. The number of hydrogen-bond donors (Lipinski definition) is 1. The molecule has 1 fully saturated rings. The topological polar surface area (TPSA) is 58.5 Å². The van der Waals surface area contributed by atoms with Gasteiger partial charge in [-0.1, -0.05) is 12.1 Å². The van der Waals surface area contributed by atoms with E-state index >= 15 is 0 Å². The van der Waals surface area contributed by atoms with E-state index in [1.165, 1.54) is 0 Å². The van der Waals surface area contributed by atoms with Gasteiger partial charge in [0.25, 0.3) is 0 Å². The number of anilines is 1. The molecule has 2 aromatic rings. The summed E-state index contributed by atoms with van der Waals surface area (Å²) in [7, 11) is 1.66. The molecule has 3 rings (SSSR count). The number of hydrogen-bond acceptors (Lipinski definition) is 5. The number of aliphatic hydroxyl groups excluding tert-OH is 1. The summed E-state index contributed by atoms with van der Waals surface area (Å²) in [4.78, 5) is 10.9. The number of ether oxygens (including phenoxy) is 1. The zero-order valence-corrected chi connectivity index (χ0v) is 12.2. The average Bonchev–Trinajstić information content (AvgIpc) is 2.89. The molecule has 0 amide bonds. The second kappa shape index (κ2) is 5.69. The molecular weight excluding hydrogens is 266 g/mol. The lowest BCUT2D eigenvalue weighted by Gasteiger charge is -2.25. The van der Waals surface area contributed by atoms with E-state index in [4.69, 9.17) is 4.74 Å². The SMILES string of the molecule is COc1cccc(C2CC(O)CN2c2nccc(C)n2)c1. The molecule has 2 unspecified atom stereocenters. The van der Waals surface area contributed by atoms with Crippen molar-refractivity contribution in [3.63, 3.8) is 0 Å². The monoisotopic (exact) mass is 285 g/mol. The van der Waals surface area contributed by atoms with Crippen LogP contribution in [0.4, 0.5) is 5.95 Å². The lowest BCUT2D eigenvalue weighted by molar-refractivity contribution is 0.194. The molecule has 0 aliphatic carbocycles. The van der Waals surface area contributed by atoms with Gasteiger partial charge in [-0.05, 0) is 37.1 Å². The molecule has 0 bridgehead atoms. The van der Waals surface area contributed by atoms with Gasteiger partial charge in [0.2, 0.25) is 5.95 Å². The van der Waals surface area contributed by atoms with Crippen molar-refractivity contribution in [2.45, 2.75) is 25.5 Å². The van der Waals surface area contributed by atoms with Crippen LogP contribution in [0.2, 0.25) is 0 Å². The largest absolute Gasteiger partial charge is 0.497 e. The summed E-state index contributed by atoms with van der Waals surface area (Å²) in [6, 6.07) is 9.88. The van der Waals surface area contributed by atoms with E-state index in [1.807, 2.05) is 37.3 Å². The van der Waals surface area contributed by atoms with Crippen molar-refractivity contribution >= 4 is 5.95 Å². The number of aliphatic hydroxyl groups is 1. The fraction of sp³-hybridized carbons (Fsp3) is 0.375. The number of benzene rings is 1. The van der Waals surface area contributed by atoms with Gasteiger partial charge in [-0.15, -0.1) is 0 Å². The summed E-state index contributed by atoms with van der Waals surface area (Å²) >= 11 is 0. The van der Waals surface area contributed by atoms with E-state index in [0.717, 1.165) is 17.0 Å². The van der Waals surface area contributed by atoms with Crippen LogP contribution in [-0.2, 0) is 0 Å². The standard InChI is InChI=1S/C16H19N3O2/c1-11-6-7-17-16(18-11)19-10-13(20)9-15(19)12-4-3-5-14(8-12)21-2/h3-8,13,15,20H,9-10H2,1-2H3. The molecule has 0 spiro atoms. The maximum atomic E-state index is 10.1. The molecule has 2 atom stereocenters. The third-order valence-corrected chi connectivity index (χ3v) is 3.80. The number of aromatic nitrogens is 2. The summed E-state index contributed by atoms with van der Waals surface area (Å²) in [5, 5.41) is 10.1. The molecule has 1 aliphatic rings. The predicted molar refractivity (Wildman–Crippen MR) is 80.5 cm³/mol. The van der Waals surface area contributed by atoms with Crippen molar-refractivity contribution < 1.29 is 9.84 Å². The van der Waals surface area contributed by atoms with E-state index in [2.05, 4.69) is 14.9 Å². The number of nitrogens with zero attached hydrogens (tertiary/aromatic N) is 3. The highest BCUT2D eigenvalue weighted by atomic mass is 16.5. The van der Waals surface area contributed by atoms with Crippen molar-refractivity contribution in [1.82, 2.24) is 9.97 Å². The highest BCUT2D eigenvalue weighted by Gasteiger charge is 2.33. The number of aryl methyl sites for hydroxylation is 1. The Morgan fingerprint density at radius 2 is 2.19 bits per heavy atom. The molecule has 0 saturated carbocycles. The second-order valence-electron chi connectivity index (χ2n) is 5.33. The number of methoxy groups -OCH3 is 1. The average molecular weight is 285 g/mol. The maximum Gasteiger partial charge on any atom is 0.226 e. The van der Waals surface area contributed by atoms with Crippen LogP contribution >= 0.6 is 0 Å². The van der Waals surface area contributed by atoms with Crippen molar-refractivity contribution in [2.75, 3.05) is 18.6 Å². The highest BCUT2D eigenvalue weighted by molar-refractivity contribution is 5.41. The fourth-order valence-electron chi connectivity index (χ4n) is 2.77.